The Balaban J connectivity index is 1.76. The summed E-state index contributed by atoms with van der Waals surface area (Å²) >= 11 is 0. The van der Waals surface area contributed by atoms with Gasteiger partial charge in [0.25, 0.3) is 0 Å². The Morgan fingerprint density at radius 2 is 2.11 bits per heavy atom. The van der Waals surface area contributed by atoms with Gasteiger partial charge in [-0.25, -0.2) is 0 Å². The first-order valence-corrected chi connectivity index (χ1v) is 7.24. The average molecular weight is 260 g/mol. The van der Waals surface area contributed by atoms with E-state index >= 15 is 0 Å². The molecule has 0 aromatic heterocycles. The Morgan fingerprint density at radius 3 is 2.74 bits per heavy atom. The summed E-state index contributed by atoms with van der Waals surface area (Å²) in [6.45, 7) is 3.05. The van der Waals surface area contributed by atoms with E-state index in [2.05, 4.69) is 12.2 Å². The van der Waals surface area contributed by atoms with Crippen LogP contribution in [0, 0.1) is 11.8 Å². The second-order valence-corrected chi connectivity index (χ2v) is 5.71. The maximum absolute atomic E-state index is 12.0. The van der Waals surface area contributed by atoms with E-state index in [-0.39, 0.29) is 5.91 Å². The molecule has 1 saturated carbocycles. The van der Waals surface area contributed by atoms with Crippen LogP contribution in [0.25, 0.3) is 0 Å². The van der Waals surface area contributed by atoms with Crippen LogP contribution >= 0.6 is 0 Å². The Labute approximate surface area is 115 Å². The topological polar surface area (TPSA) is 55.1 Å². The minimum Gasteiger partial charge on any atom is -0.354 e. The van der Waals surface area contributed by atoms with Gasteiger partial charge in [0.15, 0.2) is 0 Å². The lowest BCUT2D eigenvalue weighted by atomic mass is 9.98. The van der Waals surface area contributed by atoms with Crippen molar-refractivity contribution in [2.75, 3.05) is 6.54 Å². The van der Waals surface area contributed by atoms with Crippen molar-refractivity contribution >= 4 is 5.91 Å². The lowest BCUT2D eigenvalue weighted by molar-refractivity contribution is -0.122. The third-order valence-corrected chi connectivity index (χ3v) is 4.21. The van der Waals surface area contributed by atoms with Gasteiger partial charge < -0.3 is 11.1 Å². The SMILES string of the molecule is CC1CCCC1CNC(=O)C(N)Cc1ccccc1. The van der Waals surface area contributed by atoms with Crippen molar-refractivity contribution in [1.29, 1.82) is 0 Å². The predicted octanol–water partition coefficient (Wildman–Crippen LogP) is 2.11. The van der Waals surface area contributed by atoms with Crippen molar-refractivity contribution in [2.24, 2.45) is 17.6 Å². The Kier molecular flexibility index (Phi) is 4.97. The molecule has 1 aromatic carbocycles. The molecule has 104 valence electrons. The molecule has 0 saturated heterocycles. The van der Waals surface area contributed by atoms with E-state index in [0.29, 0.717) is 12.3 Å². The molecular weight excluding hydrogens is 236 g/mol. The lowest BCUT2D eigenvalue weighted by Gasteiger charge is -2.18. The van der Waals surface area contributed by atoms with E-state index in [0.717, 1.165) is 18.0 Å². The third-order valence-electron chi connectivity index (χ3n) is 4.21. The van der Waals surface area contributed by atoms with Crippen LogP contribution in [0.2, 0.25) is 0 Å². The van der Waals surface area contributed by atoms with E-state index in [9.17, 15) is 4.79 Å². The zero-order valence-electron chi connectivity index (χ0n) is 11.6. The van der Waals surface area contributed by atoms with Crippen LogP contribution in [0.15, 0.2) is 30.3 Å². The van der Waals surface area contributed by atoms with Gasteiger partial charge in [0.1, 0.15) is 0 Å². The summed E-state index contributed by atoms with van der Waals surface area (Å²) in [6.07, 6.45) is 4.41. The number of rotatable bonds is 5. The zero-order chi connectivity index (χ0) is 13.7. The number of hydrogen-bond acceptors (Lipinski definition) is 2. The highest BCUT2D eigenvalue weighted by Gasteiger charge is 2.24. The number of nitrogens with two attached hydrogens (primary N) is 1. The fourth-order valence-electron chi connectivity index (χ4n) is 2.85. The van der Waals surface area contributed by atoms with Gasteiger partial charge in [-0.15, -0.1) is 0 Å². The molecule has 0 spiro atoms. The van der Waals surface area contributed by atoms with Gasteiger partial charge in [0.05, 0.1) is 6.04 Å². The Morgan fingerprint density at radius 1 is 1.37 bits per heavy atom. The van der Waals surface area contributed by atoms with Gasteiger partial charge in [-0.3, -0.25) is 4.79 Å². The second-order valence-electron chi connectivity index (χ2n) is 5.71. The quantitative estimate of drug-likeness (QED) is 0.852. The molecule has 3 N–H and O–H groups in total. The molecule has 3 atom stereocenters. The zero-order valence-corrected chi connectivity index (χ0v) is 11.6. The summed E-state index contributed by atoms with van der Waals surface area (Å²) in [4.78, 5) is 12.0. The van der Waals surface area contributed by atoms with Crippen LogP contribution in [0.1, 0.15) is 31.7 Å². The fourth-order valence-corrected chi connectivity index (χ4v) is 2.85. The van der Waals surface area contributed by atoms with Crippen molar-refractivity contribution in [3.8, 4) is 0 Å². The summed E-state index contributed by atoms with van der Waals surface area (Å²) < 4.78 is 0. The molecule has 1 aromatic rings. The maximum Gasteiger partial charge on any atom is 0.237 e. The summed E-state index contributed by atoms with van der Waals surface area (Å²) in [5, 5.41) is 3.01. The van der Waals surface area contributed by atoms with Crippen molar-refractivity contribution in [2.45, 2.75) is 38.6 Å². The van der Waals surface area contributed by atoms with Crippen molar-refractivity contribution in [1.82, 2.24) is 5.32 Å². The number of nitrogens with one attached hydrogen (secondary N) is 1. The monoisotopic (exact) mass is 260 g/mol. The third kappa shape index (κ3) is 4.06. The largest absolute Gasteiger partial charge is 0.354 e. The van der Waals surface area contributed by atoms with Gasteiger partial charge in [-0.1, -0.05) is 50.1 Å². The van der Waals surface area contributed by atoms with Gasteiger partial charge >= 0.3 is 0 Å². The van der Waals surface area contributed by atoms with E-state index in [1.165, 1.54) is 19.3 Å². The number of carbonyl (C=O) groups excluding carboxylic acids is 1. The Bertz CT molecular complexity index is 404. The summed E-state index contributed by atoms with van der Waals surface area (Å²) in [6, 6.07) is 9.48. The smallest absolute Gasteiger partial charge is 0.237 e. The first-order chi connectivity index (χ1) is 9.16. The molecule has 1 amide bonds. The maximum atomic E-state index is 12.0. The molecule has 1 fully saturated rings. The fraction of sp³-hybridized carbons (Fsp3) is 0.562. The highest BCUT2D eigenvalue weighted by molar-refractivity contribution is 5.81. The second kappa shape index (κ2) is 6.71. The highest BCUT2D eigenvalue weighted by atomic mass is 16.2. The van der Waals surface area contributed by atoms with E-state index in [4.69, 9.17) is 5.73 Å². The van der Waals surface area contributed by atoms with Crippen LogP contribution in [0.5, 0.6) is 0 Å². The molecule has 2 rings (SSSR count). The number of benzene rings is 1. The summed E-state index contributed by atoms with van der Waals surface area (Å²) in [5.41, 5.74) is 7.07. The number of hydrogen-bond donors (Lipinski definition) is 2. The molecule has 1 aliphatic carbocycles. The first kappa shape index (κ1) is 14.1. The summed E-state index contributed by atoms with van der Waals surface area (Å²) in [5.74, 6) is 1.33. The average Bonchev–Trinajstić information content (AvgIpc) is 2.82. The molecule has 3 unspecified atom stereocenters. The minimum absolute atomic E-state index is 0.0250. The normalized spacial score (nSPS) is 24.1. The van der Waals surface area contributed by atoms with Crippen molar-refractivity contribution < 1.29 is 4.79 Å². The molecule has 0 aliphatic heterocycles. The highest BCUT2D eigenvalue weighted by Crippen LogP contribution is 2.30. The van der Waals surface area contributed by atoms with Crippen LogP contribution in [-0.2, 0) is 11.2 Å². The van der Waals surface area contributed by atoms with Crippen LogP contribution in [-0.4, -0.2) is 18.5 Å². The van der Waals surface area contributed by atoms with Crippen LogP contribution in [0.3, 0.4) is 0 Å². The van der Waals surface area contributed by atoms with Crippen molar-refractivity contribution in [3.05, 3.63) is 35.9 Å². The van der Waals surface area contributed by atoms with Crippen LogP contribution in [0.4, 0.5) is 0 Å². The molecule has 0 radical (unpaired) electrons. The van der Waals surface area contributed by atoms with Gasteiger partial charge in [0.2, 0.25) is 5.91 Å². The van der Waals surface area contributed by atoms with Crippen LogP contribution < -0.4 is 11.1 Å². The molecule has 3 nitrogen and oxygen atoms in total. The lowest BCUT2D eigenvalue weighted by Crippen LogP contribution is -2.43. The molecule has 1 aliphatic rings. The van der Waals surface area contributed by atoms with Gasteiger partial charge in [0, 0.05) is 6.54 Å². The van der Waals surface area contributed by atoms with Gasteiger partial charge in [-0.2, -0.15) is 0 Å². The molecule has 0 heterocycles. The molecule has 19 heavy (non-hydrogen) atoms. The minimum atomic E-state index is -0.445. The number of amides is 1. The first-order valence-electron chi connectivity index (χ1n) is 7.24. The number of carbonyl (C=O) groups is 1. The molecule has 0 bridgehead atoms. The van der Waals surface area contributed by atoms with E-state index < -0.39 is 6.04 Å². The van der Waals surface area contributed by atoms with Crippen molar-refractivity contribution in [3.63, 3.8) is 0 Å². The molecular formula is C16H24N2O. The van der Waals surface area contributed by atoms with Gasteiger partial charge in [-0.05, 0) is 30.2 Å². The standard InChI is InChI=1S/C16H24N2O/c1-12-6-5-9-14(12)11-18-16(19)15(17)10-13-7-3-2-4-8-13/h2-4,7-8,12,14-15H,5-6,9-11,17H2,1H3,(H,18,19). The summed E-state index contributed by atoms with van der Waals surface area (Å²) in [7, 11) is 0. The Hall–Kier alpha value is -1.35. The van der Waals surface area contributed by atoms with E-state index in [1.54, 1.807) is 0 Å². The van der Waals surface area contributed by atoms with E-state index in [1.807, 2.05) is 30.3 Å². The molecule has 3 heteroatoms. The predicted molar refractivity (Wildman–Crippen MR) is 77.6 cm³/mol.